The summed E-state index contributed by atoms with van der Waals surface area (Å²) in [6.07, 6.45) is 7.10. The van der Waals surface area contributed by atoms with Gasteiger partial charge in [-0.25, -0.2) is 9.97 Å². The van der Waals surface area contributed by atoms with Crippen LogP contribution in [0.5, 0.6) is 0 Å². The zero-order valence-corrected chi connectivity index (χ0v) is 15.0. The van der Waals surface area contributed by atoms with Crippen molar-refractivity contribution in [2.24, 2.45) is 0 Å². The van der Waals surface area contributed by atoms with Crippen molar-refractivity contribution in [1.82, 2.24) is 14.9 Å². The Kier molecular flexibility index (Phi) is 5.00. The fraction of sp³-hybridized carbons (Fsp3) is 0.450. The highest BCUT2D eigenvalue weighted by Crippen LogP contribution is 2.19. The van der Waals surface area contributed by atoms with Crippen LogP contribution >= 0.6 is 0 Å². The van der Waals surface area contributed by atoms with Gasteiger partial charge in [0.1, 0.15) is 11.5 Å². The molecule has 0 aliphatic carbocycles. The first kappa shape index (κ1) is 16.8. The third-order valence-corrected chi connectivity index (χ3v) is 5.23. The largest absolute Gasteiger partial charge is 0.367 e. The smallest absolute Gasteiger partial charge is 0.272 e. The molecular weight excluding hydrogens is 326 g/mol. The number of carbonyl (C=O) groups is 1. The van der Waals surface area contributed by atoms with Gasteiger partial charge in [-0.1, -0.05) is 6.07 Å². The maximum absolute atomic E-state index is 12.5. The van der Waals surface area contributed by atoms with Crippen molar-refractivity contribution in [1.29, 1.82) is 0 Å². The minimum atomic E-state index is 0.0659. The van der Waals surface area contributed by atoms with Crippen LogP contribution in [0.4, 0.5) is 11.5 Å². The van der Waals surface area contributed by atoms with Gasteiger partial charge in [-0.2, -0.15) is 0 Å². The van der Waals surface area contributed by atoms with E-state index in [2.05, 4.69) is 25.8 Å². The molecule has 0 atom stereocenters. The molecule has 2 aliphatic rings. The number of carbonyl (C=O) groups excluding carboxylic acids is 1. The summed E-state index contributed by atoms with van der Waals surface area (Å²) in [6.45, 7) is 5.45. The van der Waals surface area contributed by atoms with Gasteiger partial charge in [0, 0.05) is 45.5 Å². The van der Waals surface area contributed by atoms with E-state index in [1.807, 2.05) is 41.6 Å². The molecule has 2 saturated heterocycles. The van der Waals surface area contributed by atoms with E-state index in [9.17, 15) is 4.79 Å². The average molecular weight is 351 g/mol. The van der Waals surface area contributed by atoms with Crippen LogP contribution in [0.25, 0.3) is 0 Å². The number of amides is 1. The number of anilines is 2. The fourth-order valence-electron chi connectivity index (χ4n) is 3.69. The highest BCUT2D eigenvalue weighted by Gasteiger charge is 2.21. The van der Waals surface area contributed by atoms with Crippen LogP contribution in [0.15, 0.2) is 42.7 Å². The average Bonchev–Trinajstić information content (AvgIpc) is 2.75. The van der Waals surface area contributed by atoms with Crippen LogP contribution in [0, 0.1) is 0 Å². The molecule has 2 aliphatic heterocycles. The number of rotatable bonds is 3. The maximum Gasteiger partial charge on any atom is 0.272 e. The summed E-state index contributed by atoms with van der Waals surface area (Å²) in [5, 5.41) is 0. The molecule has 1 amide bonds. The number of piperidine rings is 1. The summed E-state index contributed by atoms with van der Waals surface area (Å²) in [5.41, 5.74) is 1.64. The minimum Gasteiger partial charge on any atom is -0.367 e. The molecule has 0 aromatic carbocycles. The summed E-state index contributed by atoms with van der Waals surface area (Å²) in [5.74, 6) is 1.10. The molecule has 0 radical (unpaired) electrons. The zero-order chi connectivity index (χ0) is 17.8. The lowest BCUT2D eigenvalue weighted by molar-refractivity contribution is 0.0718. The van der Waals surface area contributed by atoms with Gasteiger partial charge in [0.2, 0.25) is 0 Å². The molecule has 2 aromatic heterocycles. The second kappa shape index (κ2) is 7.72. The van der Waals surface area contributed by atoms with Gasteiger partial charge in [-0.3, -0.25) is 4.79 Å². The molecule has 0 bridgehead atoms. The molecule has 26 heavy (non-hydrogen) atoms. The van der Waals surface area contributed by atoms with Crippen molar-refractivity contribution in [3.05, 3.63) is 48.4 Å². The van der Waals surface area contributed by atoms with Gasteiger partial charge in [0.15, 0.2) is 0 Å². The van der Waals surface area contributed by atoms with Crippen LogP contribution in [0.2, 0.25) is 0 Å². The summed E-state index contributed by atoms with van der Waals surface area (Å²) >= 11 is 0. The fourth-order valence-corrected chi connectivity index (χ4v) is 3.69. The van der Waals surface area contributed by atoms with Gasteiger partial charge in [0.25, 0.3) is 5.91 Å². The standard InChI is InChI=1S/C20H25N5O/c26-20(25-10-4-1-5-11-25)18-8-7-17(16-22-18)23-12-14-24(15-13-23)19-6-2-3-9-21-19/h2-3,6-9,16H,1,4-5,10-15H2. The van der Waals surface area contributed by atoms with Crippen molar-refractivity contribution in [3.8, 4) is 0 Å². The Morgan fingerprint density at radius 2 is 1.58 bits per heavy atom. The summed E-state index contributed by atoms with van der Waals surface area (Å²) in [4.78, 5) is 28.0. The molecule has 6 heteroatoms. The summed E-state index contributed by atoms with van der Waals surface area (Å²) in [7, 11) is 0. The Hall–Kier alpha value is -2.63. The molecule has 0 N–H and O–H groups in total. The van der Waals surface area contributed by atoms with E-state index in [4.69, 9.17) is 0 Å². The minimum absolute atomic E-state index is 0.0659. The van der Waals surface area contributed by atoms with E-state index >= 15 is 0 Å². The second-order valence-corrected chi connectivity index (χ2v) is 6.92. The molecule has 2 aromatic rings. The zero-order valence-electron chi connectivity index (χ0n) is 15.0. The quantitative estimate of drug-likeness (QED) is 0.850. The van der Waals surface area contributed by atoms with E-state index < -0.39 is 0 Å². The SMILES string of the molecule is O=C(c1ccc(N2CCN(c3ccccn3)CC2)cn1)N1CCCCC1. The van der Waals surface area contributed by atoms with Gasteiger partial charge in [-0.15, -0.1) is 0 Å². The number of aromatic nitrogens is 2. The Balaban J connectivity index is 1.36. The first-order chi connectivity index (χ1) is 12.8. The van der Waals surface area contributed by atoms with E-state index in [-0.39, 0.29) is 5.91 Å². The first-order valence-electron chi connectivity index (χ1n) is 9.47. The predicted molar refractivity (Wildman–Crippen MR) is 103 cm³/mol. The molecule has 4 rings (SSSR count). The molecule has 136 valence electrons. The third-order valence-electron chi connectivity index (χ3n) is 5.23. The van der Waals surface area contributed by atoms with E-state index in [1.165, 1.54) is 6.42 Å². The highest BCUT2D eigenvalue weighted by molar-refractivity contribution is 5.92. The topological polar surface area (TPSA) is 52.6 Å². The lowest BCUT2D eigenvalue weighted by atomic mass is 10.1. The van der Waals surface area contributed by atoms with Crippen LogP contribution in [0.3, 0.4) is 0 Å². The highest BCUT2D eigenvalue weighted by atomic mass is 16.2. The Morgan fingerprint density at radius 1 is 0.808 bits per heavy atom. The van der Waals surface area contributed by atoms with Gasteiger partial charge in [0.05, 0.1) is 11.9 Å². The van der Waals surface area contributed by atoms with Crippen molar-refractivity contribution in [2.45, 2.75) is 19.3 Å². The Bertz CT molecular complexity index is 720. The number of hydrogen-bond donors (Lipinski definition) is 0. The molecule has 2 fully saturated rings. The lowest BCUT2D eigenvalue weighted by Gasteiger charge is -2.36. The number of hydrogen-bond acceptors (Lipinski definition) is 5. The number of pyridine rings is 2. The van der Waals surface area contributed by atoms with Gasteiger partial charge < -0.3 is 14.7 Å². The molecule has 6 nitrogen and oxygen atoms in total. The van der Waals surface area contributed by atoms with E-state index in [0.29, 0.717) is 5.69 Å². The third kappa shape index (κ3) is 3.64. The maximum atomic E-state index is 12.5. The molecule has 0 unspecified atom stereocenters. The monoisotopic (exact) mass is 351 g/mol. The van der Waals surface area contributed by atoms with Crippen LogP contribution < -0.4 is 9.80 Å². The summed E-state index contributed by atoms with van der Waals surface area (Å²) < 4.78 is 0. The lowest BCUT2D eigenvalue weighted by Crippen LogP contribution is -2.46. The number of nitrogens with zero attached hydrogens (tertiary/aromatic N) is 5. The van der Waals surface area contributed by atoms with Crippen molar-refractivity contribution >= 4 is 17.4 Å². The number of piperazine rings is 1. The van der Waals surface area contributed by atoms with Crippen LogP contribution in [-0.2, 0) is 0 Å². The van der Waals surface area contributed by atoms with Gasteiger partial charge in [-0.05, 0) is 43.5 Å². The molecule has 4 heterocycles. The predicted octanol–water partition coefficient (Wildman–Crippen LogP) is 2.43. The Labute approximate surface area is 154 Å². The normalized spacial score (nSPS) is 18.1. The van der Waals surface area contributed by atoms with Crippen molar-refractivity contribution in [3.63, 3.8) is 0 Å². The Morgan fingerprint density at radius 3 is 2.23 bits per heavy atom. The van der Waals surface area contributed by atoms with Crippen molar-refractivity contribution < 1.29 is 4.79 Å². The van der Waals surface area contributed by atoms with E-state index in [0.717, 1.165) is 63.6 Å². The number of likely N-dealkylation sites (tertiary alicyclic amines) is 1. The summed E-state index contributed by atoms with van der Waals surface area (Å²) in [6, 6.07) is 9.92. The molecule has 0 saturated carbocycles. The molecule has 0 spiro atoms. The van der Waals surface area contributed by atoms with Crippen LogP contribution in [0.1, 0.15) is 29.8 Å². The van der Waals surface area contributed by atoms with Crippen LogP contribution in [-0.4, -0.2) is 60.0 Å². The van der Waals surface area contributed by atoms with Gasteiger partial charge >= 0.3 is 0 Å². The van der Waals surface area contributed by atoms with E-state index in [1.54, 1.807) is 0 Å². The second-order valence-electron chi connectivity index (χ2n) is 6.92. The molecular formula is C20H25N5O. The van der Waals surface area contributed by atoms with Crippen molar-refractivity contribution in [2.75, 3.05) is 49.1 Å². The first-order valence-corrected chi connectivity index (χ1v) is 9.47.